The van der Waals surface area contributed by atoms with Crippen molar-refractivity contribution in [2.24, 2.45) is 0 Å². The predicted molar refractivity (Wildman–Crippen MR) is 65.1 cm³/mol. The van der Waals surface area contributed by atoms with Gasteiger partial charge in [0.15, 0.2) is 0 Å². The molecule has 0 aliphatic heterocycles. The van der Waals surface area contributed by atoms with E-state index in [2.05, 4.69) is 57.5 Å². The van der Waals surface area contributed by atoms with E-state index in [0.717, 1.165) is 15.4 Å². The molecule has 0 aliphatic carbocycles. The van der Waals surface area contributed by atoms with Crippen LogP contribution in [0.1, 0.15) is 18.1 Å². The number of benzene rings is 1. The van der Waals surface area contributed by atoms with E-state index in [1.807, 2.05) is 6.92 Å². The van der Waals surface area contributed by atoms with Gasteiger partial charge in [0, 0.05) is 8.95 Å². The molecule has 0 saturated carbocycles. The number of hydrogen-bond donors (Lipinski definition) is 0. The van der Waals surface area contributed by atoms with Gasteiger partial charge in [-0.3, -0.25) is 0 Å². The Morgan fingerprint density at radius 1 is 1.31 bits per heavy atom. The van der Waals surface area contributed by atoms with Gasteiger partial charge in [0.1, 0.15) is 0 Å². The van der Waals surface area contributed by atoms with Crippen LogP contribution in [0.15, 0.2) is 33.2 Å². The van der Waals surface area contributed by atoms with Crippen molar-refractivity contribution in [1.29, 1.82) is 0 Å². The summed E-state index contributed by atoms with van der Waals surface area (Å²) < 4.78 is 2.29. The van der Waals surface area contributed by atoms with E-state index >= 15 is 0 Å². The second-order valence-corrected chi connectivity index (χ2v) is 4.89. The van der Waals surface area contributed by atoms with Crippen LogP contribution in [0.2, 0.25) is 0 Å². The van der Waals surface area contributed by atoms with E-state index in [9.17, 15) is 0 Å². The molecule has 1 aromatic carbocycles. The van der Waals surface area contributed by atoms with Gasteiger partial charge < -0.3 is 0 Å². The summed E-state index contributed by atoms with van der Waals surface area (Å²) in [4.78, 5) is 0. The number of aryl methyl sites for hydroxylation is 1. The lowest BCUT2D eigenvalue weighted by atomic mass is 10.1. The van der Waals surface area contributed by atoms with Crippen LogP contribution in [0.5, 0.6) is 0 Å². The van der Waals surface area contributed by atoms with Crippen molar-refractivity contribution in [2.75, 3.05) is 0 Å². The van der Waals surface area contributed by atoms with Gasteiger partial charge in [-0.15, -0.1) is 0 Å². The molecule has 0 saturated heterocycles. The fraction of sp³-hybridized carbons (Fsp3) is 0.273. The Labute approximate surface area is 96.3 Å². The molecule has 70 valence electrons. The van der Waals surface area contributed by atoms with Crippen LogP contribution in [0.4, 0.5) is 0 Å². The molecular formula is C11H12Br2. The SMILES string of the molecule is C=C(C)Cc1ccc(C)c(Br)c1Br. The highest BCUT2D eigenvalue weighted by molar-refractivity contribution is 9.13. The summed E-state index contributed by atoms with van der Waals surface area (Å²) in [6.45, 7) is 8.03. The van der Waals surface area contributed by atoms with Crippen molar-refractivity contribution in [3.05, 3.63) is 44.4 Å². The minimum atomic E-state index is 0.930. The van der Waals surface area contributed by atoms with Gasteiger partial charge in [-0.05, 0) is 63.3 Å². The maximum Gasteiger partial charge on any atom is 0.0355 e. The molecule has 0 nitrogen and oxygen atoms in total. The largest absolute Gasteiger partial charge is 0.0998 e. The Hall–Kier alpha value is -0.0800. The lowest BCUT2D eigenvalue weighted by molar-refractivity contribution is 1.13. The first kappa shape index (κ1) is 11.0. The minimum Gasteiger partial charge on any atom is -0.0998 e. The first-order valence-electron chi connectivity index (χ1n) is 4.10. The first-order valence-corrected chi connectivity index (χ1v) is 5.69. The van der Waals surface area contributed by atoms with Crippen LogP contribution in [-0.2, 0) is 6.42 Å². The van der Waals surface area contributed by atoms with Gasteiger partial charge in [0.05, 0.1) is 0 Å². The summed E-state index contributed by atoms with van der Waals surface area (Å²) in [5.41, 5.74) is 3.71. The average molecular weight is 304 g/mol. The molecule has 0 unspecified atom stereocenters. The van der Waals surface area contributed by atoms with Crippen LogP contribution >= 0.6 is 31.9 Å². The van der Waals surface area contributed by atoms with Gasteiger partial charge in [-0.2, -0.15) is 0 Å². The van der Waals surface area contributed by atoms with E-state index in [1.54, 1.807) is 0 Å². The Kier molecular flexibility index (Phi) is 3.74. The van der Waals surface area contributed by atoms with Crippen molar-refractivity contribution in [1.82, 2.24) is 0 Å². The zero-order valence-corrected chi connectivity index (χ0v) is 11.0. The summed E-state index contributed by atoms with van der Waals surface area (Å²) in [5.74, 6) is 0. The molecule has 0 fully saturated rings. The highest BCUT2D eigenvalue weighted by Crippen LogP contribution is 2.30. The molecule has 0 bridgehead atoms. The van der Waals surface area contributed by atoms with E-state index in [1.165, 1.54) is 16.7 Å². The molecule has 0 aliphatic rings. The number of hydrogen-bond acceptors (Lipinski definition) is 0. The summed E-state index contributed by atoms with van der Waals surface area (Å²) in [6.07, 6.45) is 0.930. The molecule has 0 spiro atoms. The average Bonchev–Trinajstić information content (AvgIpc) is 2.06. The molecule has 1 aromatic rings. The van der Waals surface area contributed by atoms with Crippen LogP contribution in [0.3, 0.4) is 0 Å². The van der Waals surface area contributed by atoms with Gasteiger partial charge in [-0.1, -0.05) is 24.3 Å². The van der Waals surface area contributed by atoms with Crippen molar-refractivity contribution in [3.8, 4) is 0 Å². The first-order chi connectivity index (χ1) is 6.02. The van der Waals surface area contributed by atoms with Gasteiger partial charge in [0.25, 0.3) is 0 Å². The maximum atomic E-state index is 3.91. The van der Waals surface area contributed by atoms with Crippen molar-refractivity contribution >= 4 is 31.9 Å². The molecule has 0 radical (unpaired) electrons. The fourth-order valence-corrected chi connectivity index (χ4v) is 2.12. The molecule has 0 N–H and O–H groups in total. The van der Waals surface area contributed by atoms with Crippen LogP contribution in [0, 0.1) is 6.92 Å². The third kappa shape index (κ3) is 2.68. The molecule has 2 heteroatoms. The smallest absolute Gasteiger partial charge is 0.0355 e. The Bertz CT molecular complexity index is 340. The number of halogens is 2. The topological polar surface area (TPSA) is 0 Å². The molecule has 13 heavy (non-hydrogen) atoms. The third-order valence-corrected chi connectivity index (χ3v) is 4.31. The van der Waals surface area contributed by atoms with Crippen LogP contribution in [-0.4, -0.2) is 0 Å². The molecule has 0 atom stereocenters. The predicted octanol–water partition coefficient (Wildman–Crippen LogP) is 4.64. The highest BCUT2D eigenvalue weighted by Gasteiger charge is 2.05. The lowest BCUT2D eigenvalue weighted by Crippen LogP contribution is -1.90. The molecule has 0 aromatic heterocycles. The van der Waals surface area contributed by atoms with E-state index < -0.39 is 0 Å². The second-order valence-electron chi connectivity index (χ2n) is 3.30. The molecule has 1 rings (SSSR count). The van der Waals surface area contributed by atoms with Crippen LogP contribution in [0.25, 0.3) is 0 Å². The molecular weight excluding hydrogens is 292 g/mol. The Morgan fingerprint density at radius 3 is 2.46 bits per heavy atom. The van der Waals surface area contributed by atoms with Crippen molar-refractivity contribution < 1.29 is 0 Å². The Morgan fingerprint density at radius 2 is 1.92 bits per heavy atom. The monoisotopic (exact) mass is 302 g/mol. The lowest BCUT2D eigenvalue weighted by Gasteiger charge is -2.08. The second kappa shape index (κ2) is 4.43. The van der Waals surface area contributed by atoms with Gasteiger partial charge >= 0.3 is 0 Å². The molecule has 0 heterocycles. The van der Waals surface area contributed by atoms with Gasteiger partial charge in [0.2, 0.25) is 0 Å². The molecule has 0 amide bonds. The summed E-state index contributed by atoms with van der Waals surface area (Å²) in [7, 11) is 0. The zero-order chi connectivity index (χ0) is 10.0. The standard InChI is InChI=1S/C11H12Br2/c1-7(2)6-9-5-4-8(3)10(12)11(9)13/h4-5H,1,6H2,2-3H3. The van der Waals surface area contributed by atoms with Crippen LogP contribution < -0.4 is 0 Å². The van der Waals surface area contributed by atoms with E-state index in [4.69, 9.17) is 0 Å². The summed E-state index contributed by atoms with van der Waals surface area (Å²) in [5, 5.41) is 0. The van der Waals surface area contributed by atoms with Crippen molar-refractivity contribution in [3.63, 3.8) is 0 Å². The van der Waals surface area contributed by atoms with Crippen molar-refractivity contribution in [2.45, 2.75) is 20.3 Å². The summed E-state index contributed by atoms with van der Waals surface area (Å²) in [6, 6.07) is 4.26. The summed E-state index contributed by atoms with van der Waals surface area (Å²) >= 11 is 7.11. The van der Waals surface area contributed by atoms with E-state index in [0.29, 0.717) is 0 Å². The zero-order valence-electron chi connectivity index (χ0n) is 7.82. The third-order valence-electron chi connectivity index (χ3n) is 1.85. The number of rotatable bonds is 2. The quantitative estimate of drug-likeness (QED) is 0.698. The van der Waals surface area contributed by atoms with Gasteiger partial charge in [-0.25, -0.2) is 0 Å². The minimum absolute atomic E-state index is 0.930. The maximum absolute atomic E-state index is 3.91. The normalized spacial score (nSPS) is 10.2. The Balaban J connectivity index is 3.10. The highest BCUT2D eigenvalue weighted by atomic mass is 79.9. The van der Waals surface area contributed by atoms with E-state index in [-0.39, 0.29) is 0 Å². The number of allylic oxidation sites excluding steroid dienone is 1. The fourth-order valence-electron chi connectivity index (χ4n) is 1.15.